The van der Waals surface area contributed by atoms with Crippen molar-refractivity contribution < 1.29 is 9.47 Å². The molecule has 2 aliphatic rings. The van der Waals surface area contributed by atoms with E-state index in [1.807, 2.05) is 6.26 Å². The number of ether oxygens (including phenoxy) is 2. The largest absolute Gasteiger partial charge is 0.504 e. The van der Waals surface area contributed by atoms with Gasteiger partial charge in [0.1, 0.15) is 5.75 Å². The predicted molar refractivity (Wildman–Crippen MR) is 106 cm³/mol. The number of rotatable bonds is 4. The lowest BCUT2D eigenvalue weighted by Crippen LogP contribution is -2.46. The van der Waals surface area contributed by atoms with E-state index in [9.17, 15) is 0 Å². The van der Waals surface area contributed by atoms with Gasteiger partial charge in [0.05, 0.1) is 26.5 Å². The highest BCUT2D eigenvalue weighted by Gasteiger charge is 2.40. The Labute approximate surface area is 156 Å². The third-order valence-electron chi connectivity index (χ3n) is 6.49. The lowest BCUT2D eigenvalue weighted by atomic mass is 9.74. The fraction of sp³-hybridized carbons (Fsp3) is 0.545. The number of nitrogens with one attached hydrogen (secondary N) is 1. The number of benzene rings is 1. The molecule has 4 heteroatoms. The van der Waals surface area contributed by atoms with Gasteiger partial charge in [-0.15, -0.1) is 0 Å². The van der Waals surface area contributed by atoms with Crippen molar-refractivity contribution in [2.45, 2.75) is 39.2 Å². The molecule has 0 radical (unpaired) electrons. The Kier molecular flexibility index (Phi) is 4.70. The van der Waals surface area contributed by atoms with E-state index in [4.69, 9.17) is 9.47 Å². The zero-order valence-corrected chi connectivity index (χ0v) is 16.3. The minimum atomic E-state index is 0.462. The molecule has 1 fully saturated rings. The molecule has 0 spiro atoms. The standard InChI is InChI=1S/C22H30N2O2/c1-5-15-12-24-10-9-16-21-18(7-6-8-20(21)26-4)23-22(16)19(24)11-17(15)14(2)13-25-3/h6-8,13,15,17,19,23H,5,9-12H2,1-4H3/b14-13-/t15-,17-,19-/m1/s1. The number of allylic oxidation sites excluding steroid dienone is 1. The predicted octanol–water partition coefficient (Wildman–Crippen LogP) is 4.67. The van der Waals surface area contributed by atoms with Crippen LogP contribution in [0.2, 0.25) is 0 Å². The van der Waals surface area contributed by atoms with Crippen LogP contribution < -0.4 is 4.74 Å². The molecule has 0 unspecified atom stereocenters. The summed E-state index contributed by atoms with van der Waals surface area (Å²) in [5.41, 5.74) is 5.44. The SMILES string of the molecule is CC[C@@H]1CN2CCc3c([nH]c4cccc(OC)c34)[C@H]2C[C@@H]1/C(C)=C\OC. The van der Waals surface area contributed by atoms with E-state index in [1.165, 1.54) is 40.7 Å². The van der Waals surface area contributed by atoms with Crippen LogP contribution in [0.25, 0.3) is 10.9 Å². The van der Waals surface area contributed by atoms with Gasteiger partial charge >= 0.3 is 0 Å². The molecule has 1 aromatic heterocycles. The summed E-state index contributed by atoms with van der Waals surface area (Å²) < 4.78 is 11.0. The van der Waals surface area contributed by atoms with Crippen LogP contribution in [0, 0.1) is 11.8 Å². The van der Waals surface area contributed by atoms with E-state index in [0.29, 0.717) is 17.9 Å². The minimum absolute atomic E-state index is 0.462. The van der Waals surface area contributed by atoms with Gasteiger partial charge < -0.3 is 14.5 Å². The molecule has 4 rings (SSSR count). The summed E-state index contributed by atoms with van der Waals surface area (Å²) in [7, 11) is 3.52. The third-order valence-corrected chi connectivity index (χ3v) is 6.49. The van der Waals surface area contributed by atoms with Crippen LogP contribution in [0.1, 0.15) is 44.0 Å². The lowest BCUT2D eigenvalue weighted by Gasteiger charge is -2.46. The highest BCUT2D eigenvalue weighted by molar-refractivity contribution is 5.91. The molecule has 4 nitrogen and oxygen atoms in total. The molecule has 3 heterocycles. The van der Waals surface area contributed by atoms with Gasteiger partial charge in [-0.25, -0.2) is 0 Å². The maximum atomic E-state index is 5.65. The van der Waals surface area contributed by atoms with Crippen molar-refractivity contribution >= 4 is 10.9 Å². The molecule has 1 saturated heterocycles. The molecule has 3 atom stereocenters. The van der Waals surface area contributed by atoms with Crippen molar-refractivity contribution in [1.82, 2.24) is 9.88 Å². The molecule has 0 bridgehead atoms. The van der Waals surface area contributed by atoms with Crippen LogP contribution in [0.5, 0.6) is 5.75 Å². The van der Waals surface area contributed by atoms with Crippen molar-refractivity contribution in [3.8, 4) is 5.75 Å². The van der Waals surface area contributed by atoms with Crippen LogP contribution in [0.4, 0.5) is 0 Å². The smallest absolute Gasteiger partial charge is 0.128 e. The average Bonchev–Trinajstić information content (AvgIpc) is 3.06. The fourth-order valence-corrected chi connectivity index (χ4v) is 5.20. The van der Waals surface area contributed by atoms with E-state index < -0.39 is 0 Å². The van der Waals surface area contributed by atoms with E-state index in [1.54, 1.807) is 14.2 Å². The molecule has 1 N–H and O–H groups in total. The summed E-state index contributed by atoms with van der Waals surface area (Å²) >= 11 is 0. The average molecular weight is 354 g/mol. The maximum Gasteiger partial charge on any atom is 0.128 e. The zero-order chi connectivity index (χ0) is 18.3. The molecular weight excluding hydrogens is 324 g/mol. The second kappa shape index (κ2) is 6.99. The Bertz CT molecular complexity index is 823. The van der Waals surface area contributed by atoms with Crippen molar-refractivity contribution in [2.75, 3.05) is 27.3 Å². The van der Waals surface area contributed by atoms with Crippen LogP contribution in [-0.4, -0.2) is 37.2 Å². The number of aromatic amines is 1. The van der Waals surface area contributed by atoms with Crippen molar-refractivity contribution in [1.29, 1.82) is 0 Å². The number of hydrogen-bond acceptors (Lipinski definition) is 3. The molecule has 1 aromatic carbocycles. The van der Waals surface area contributed by atoms with Gasteiger partial charge in [0.25, 0.3) is 0 Å². The van der Waals surface area contributed by atoms with Gasteiger partial charge in [-0.1, -0.05) is 19.4 Å². The Morgan fingerprint density at radius 3 is 2.92 bits per heavy atom. The summed E-state index contributed by atoms with van der Waals surface area (Å²) in [6.07, 6.45) is 5.42. The molecule has 2 aromatic rings. The van der Waals surface area contributed by atoms with Crippen molar-refractivity contribution in [3.05, 3.63) is 41.3 Å². The normalized spacial score (nSPS) is 26.5. The first-order chi connectivity index (χ1) is 12.7. The quantitative estimate of drug-likeness (QED) is 0.811. The Hall–Kier alpha value is -1.94. The van der Waals surface area contributed by atoms with Gasteiger partial charge in [0.15, 0.2) is 0 Å². The number of nitrogens with zero attached hydrogens (tertiary/aromatic N) is 1. The van der Waals surface area contributed by atoms with Crippen molar-refractivity contribution in [2.24, 2.45) is 11.8 Å². The van der Waals surface area contributed by atoms with E-state index in [-0.39, 0.29) is 0 Å². The highest BCUT2D eigenvalue weighted by Crippen LogP contribution is 2.46. The monoisotopic (exact) mass is 354 g/mol. The van der Waals surface area contributed by atoms with E-state index in [0.717, 1.165) is 25.1 Å². The number of aromatic nitrogens is 1. The zero-order valence-electron chi connectivity index (χ0n) is 16.3. The molecular formula is C22H30N2O2. The first-order valence-corrected chi connectivity index (χ1v) is 9.78. The molecule has 0 amide bonds. The lowest BCUT2D eigenvalue weighted by molar-refractivity contribution is 0.0625. The number of H-pyrrole nitrogens is 1. The summed E-state index contributed by atoms with van der Waals surface area (Å²) in [4.78, 5) is 6.43. The van der Waals surface area contributed by atoms with E-state index in [2.05, 4.69) is 41.9 Å². The van der Waals surface area contributed by atoms with Crippen LogP contribution >= 0.6 is 0 Å². The second-order valence-corrected chi connectivity index (χ2v) is 7.77. The Balaban J connectivity index is 1.75. The maximum absolute atomic E-state index is 5.65. The molecule has 140 valence electrons. The summed E-state index contributed by atoms with van der Waals surface area (Å²) in [6, 6.07) is 6.78. The third kappa shape index (κ3) is 2.71. The number of piperidine rings is 1. The van der Waals surface area contributed by atoms with Gasteiger partial charge in [0, 0.05) is 29.7 Å². The summed E-state index contributed by atoms with van der Waals surface area (Å²) in [5, 5.41) is 1.28. The van der Waals surface area contributed by atoms with Crippen molar-refractivity contribution in [3.63, 3.8) is 0 Å². The first kappa shape index (κ1) is 17.5. The van der Waals surface area contributed by atoms with Crippen LogP contribution in [0.15, 0.2) is 30.0 Å². The number of hydrogen-bond donors (Lipinski definition) is 1. The van der Waals surface area contributed by atoms with Crippen LogP contribution in [0.3, 0.4) is 0 Å². The van der Waals surface area contributed by atoms with Gasteiger partial charge in [-0.3, -0.25) is 4.90 Å². The number of methoxy groups -OCH3 is 2. The second-order valence-electron chi connectivity index (χ2n) is 7.77. The minimum Gasteiger partial charge on any atom is -0.504 e. The first-order valence-electron chi connectivity index (χ1n) is 9.78. The fourth-order valence-electron chi connectivity index (χ4n) is 5.20. The molecule has 0 aliphatic carbocycles. The van der Waals surface area contributed by atoms with Gasteiger partial charge in [-0.05, 0) is 54.9 Å². The summed E-state index contributed by atoms with van der Waals surface area (Å²) in [6.45, 7) is 6.86. The Morgan fingerprint density at radius 1 is 1.35 bits per heavy atom. The Morgan fingerprint density at radius 2 is 2.19 bits per heavy atom. The molecule has 26 heavy (non-hydrogen) atoms. The number of fused-ring (bicyclic) bond motifs is 5. The van der Waals surface area contributed by atoms with Gasteiger partial charge in [-0.2, -0.15) is 0 Å². The highest BCUT2D eigenvalue weighted by atomic mass is 16.5. The van der Waals surface area contributed by atoms with E-state index >= 15 is 0 Å². The van der Waals surface area contributed by atoms with Gasteiger partial charge in [0.2, 0.25) is 0 Å². The molecule has 0 saturated carbocycles. The van der Waals surface area contributed by atoms with Crippen LogP contribution in [-0.2, 0) is 11.2 Å². The molecule has 2 aliphatic heterocycles. The topological polar surface area (TPSA) is 37.5 Å². The summed E-state index contributed by atoms with van der Waals surface area (Å²) in [5.74, 6) is 2.28.